The lowest BCUT2D eigenvalue weighted by Crippen LogP contribution is -2.26. The Kier molecular flexibility index (Phi) is 6.63. The van der Waals surface area contributed by atoms with Gasteiger partial charge < -0.3 is 5.73 Å². The first-order valence-electron chi connectivity index (χ1n) is 9.37. The van der Waals surface area contributed by atoms with E-state index in [2.05, 4.69) is 9.82 Å². The minimum Gasteiger partial charge on any atom is -0.382 e. The van der Waals surface area contributed by atoms with Gasteiger partial charge in [-0.25, -0.2) is 30.6 Å². The minimum absolute atomic E-state index is 0.0192. The quantitative estimate of drug-likeness (QED) is 0.470. The molecule has 12 heteroatoms. The number of nitrogens with one attached hydrogen (secondary N) is 1. The number of sulfonamides is 1. The van der Waals surface area contributed by atoms with Crippen LogP contribution in [0.15, 0.2) is 58.3 Å². The Morgan fingerprint density at radius 2 is 1.72 bits per heavy atom. The molecule has 0 fully saturated rings. The van der Waals surface area contributed by atoms with Gasteiger partial charge in [0.1, 0.15) is 28.2 Å². The second-order valence-corrected chi connectivity index (χ2v) is 10.6. The monoisotopic (exact) mass is 477 g/mol. The molecule has 0 aliphatic rings. The number of rotatable bonds is 8. The molecule has 3 N–H and O–H groups in total. The number of aryl methyl sites for hydroxylation is 1. The summed E-state index contributed by atoms with van der Waals surface area (Å²) >= 11 is 0. The molecular weight excluding hydrogens is 457 g/mol. The van der Waals surface area contributed by atoms with E-state index in [1.54, 1.807) is 0 Å². The van der Waals surface area contributed by atoms with E-state index in [1.165, 1.54) is 53.2 Å². The predicted octanol–water partition coefficient (Wildman–Crippen LogP) is 1.78. The molecule has 1 aromatic heterocycles. The molecule has 0 radical (unpaired) electrons. The fourth-order valence-electron chi connectivity index (χ4n) is 3.07. The second-order valence-electron chi connectivity index (χ2n) is 6.93. The largest absolute Gasteiger partial charge is 0.382 e. The molecule has 0 amide bonds. The number of sulfone groups is 1. The Hall–Kier alpha value is -3.27. The van der Waals surface area contributed by atoms with Crippen molar-refractivity contribution in [2.24, 2.45) is 0 Å². The van der Waals surface area contributed by atoms with Crippen LogP contribution < -0.4 is 10.5 Å². The van der Waals surface area contributed by atoms with Crippen LogP contribution in [0.3, 0.4) is 0 Å². The molecule has 0 saturated heterocycles. The SMILES string of the molecule is CS(=O)(=O)c1ccccc1S(=O)(=O)NCCCc1nn(-c2ccc(F)cc2)c(N)c1C#N. The average Bonchev–Trinajstić information content (AvgIpc) is 3.06. The molecule has 0 aliphatic carbocycles. The highest BCUT2D eigenvalue weighted by Crippen LogP contribution is 2.23. The second kappa shape index (κ2) is 9.07. The van der Waals surface area contributed by atoms with E-state index in [9.17, 15) is 26.5 Å². The van der Waals surface area contributed by atoms with Gasteiger partial charge in [-0.2, -0.15) is 10.4 Å². The van der Waals surface area contributed by atoms with Gasteiger partial charge in [-0.1, -0.05) is 12.1 Å². The van der Waals surface area contributed by atoms with Gasteiger partial charge in [-0.3, -0.25) is 0 Å². The number of aromatic nitrogens is 2. The lowest BCUT2D eigenvalue weighted by Gasteiger charge is -2.10. The van der Waals surface area contributed by atoms with Crippen LogP contribution in [0.1, 0.15) is 17.7 Å². The van der Waals surface area contributed by atoms with E-state index in [0.29, 0.717) is 11.4 Å². The highest BCUT2D eigenvalue weighted by molar-refractivity contribution is 7.93. The molecule has 2 aromatic carbocycles. The van der Waals surface area contributed by atoms with Gasteiger partial charge in [0.25, 0.3) is 0 Å². The van der Waals surface area contributed by atoms with E-state index in [4.69, 9.17) is 5.73 Å². The van der Waals surface area contributed by atoms with Crippen molar-refractivity contribution in [1.82, 2.24) is 14.5 Å². The molecule has 32 heavy (non-hydrogen) atoms. The molecule has 0 bridgehead atoms. The van der Waals surface area contributed by atoms with Crippen molar-refractivity contribution in [2.45, 2.75) is 22.6 Å². The standard InChI is InChI=1S/C20H20FN5O4S2/c1-31(27,28)18-6-2-3-7-19(18)32(29,30)24-12-4-5-17-16(13-22)20(23)26(25-17)15-10-8-14(21)9-11-15/h2-3,6-11,24H,4-5,12,23H2,1H3. The first-order chi connectivity index (χ1) is 15.0. The summed E-state index contributed by atoms with van der Waals surface area (Å²) in [6, 6.07) is 12.7. The van der Waals surface area contributed by atoms with Crippen molar-refractivity contribution in [2.75, 3.05) is 18.5 Å². The van der Waals surface area contributed by atoms with Crippen LogP contribution in [-0.4, -0.2) is 39.4 Å². The van der Waals surface area contributed by atoms with Crippen LogP contribution in [0.5, 0.6) is 0 Å². The van der Waals surface area contributed by atoms with Crippen LogP contribution in [-0.2, 0) is 26.3 Å². The zero-order valence-electron chi connectivity index (χ0n) is 17.0. The summed E-state index contributed by atoms with van der Waals surface area (Å²) in [6.45, 7) is -0.0192. The number of nitrogens with two attached hydrogens (primary N) is 1. The van der Waals surface area contributed by atoms with E-state index in [0.717, 1.165) is 6.26 Å². The van der Waals surface area contributed by atoms with Crippen molar-refractivity contribution in [3.8, 4) is 11.8 Å². The molecule has 3 aromatic rings. The predicted molar refractivity (Wildman–Crippen MR) is 116 cm³/mol. The zero-order chi connectivity index (χ0) is 23.5. The summed E-state index contributed by atoms with van der Waals surface area (Å²) < 4.78 is 65.8. The number of nitriles is 1. The summed E-state index contributed by atoms with van der Waals surface area (Å²) in [5.41, 5.74) is 7.00. The molecule has 3 rings (SSSR count). The van der Waals surface area contributed by atoms with E-state index in [-0.39, 0.29) is 40.6 Å². The molecule has 0 spiro atoms. The molecule has 0 saturated carbocycles. The topological polar surface area (TPSA) is 148 Å². The van der Waals surface area contributed by atoms with E-state index < -0.39 is 25.7 Å². The Balaban J connectivity index is 1.73. The van der Waals surface area contributed by atoms with Crippen LogP contribution in [0, 0.1) is 17.1 Å². The fraction of sp³-hybridized carbons (Fsp3) is 0.200. The number of hydrogen-bond acceptors (Lipinski definition) is 7. The molecule has 1 heterocycles. The number of hydrogen-bond donors (Lipinski definition) is 2. The molecular formula is C20H20FN5O4S2. The molecule has 9 nitrogen and oxygen atoms in total. The van der Waals surface area contributed by atoms with Crippen LogP contribution in [0.25, 0.3) is 5.69 Å². The number of nitrogen functional groups attached to an aromatic ring is 1. The minimum atomic E-state index is -4.07. The van der Waals surface area contributed by atoms with Crippen LogP contribution in [0.2, 0.25) is 0 Å². The Morgan fingerprint density at radius 3 is 2.31 bits per heavy atom. The maximum Gasteiger partial charge on any atom is 0.241 e. The van der Waals surface area contributed by atoms with Gasteiger partial charge in [-0.05, 0) is 49.2 Å². The summed E-state index contributed by atoms with van der Waals surface area (Å²) in [4.78, 5) is -0.616. The van der Waals surface area contributed by atoms with E-state index >= 15 is 0 Å². The number of nitrogens with zero attached hydrogens (tertiary/aromatic N) is 3. The molecule has 0 aliphatic heterocycles. The summed E-state index contributed by atoms with van der Waals surface area (Å²) in [7, 11) is -7.81. The maximum absolute atomic E-state index is 13.2. The summed E-state index contributed by atoms with van der Waals surface area (Å²) in [5, 5.41) is 13.7. The number of benzene rings is 2. The summed E-state index contributed by atoms with van der Waals surface area (Å²) in [5.74, 6) is -0.332. The normalized spacial score (nSPS) is 11.9. The van der Waals surface area contributed by atoms with Crippen LogP contribution in [0.4, 0.5) is 10.2 Å². The fourth-order valence-corrected chi connectivity index (χ4v) is 5.77. The van der Waals surface area contributed by atoms with Gasteiger partial charge in [0.05, 0.1) is 16.3 Å². The van der Waals surface area contributed by atoms with Crippen molar-refractivity contribution in [3.63, 3.8) is 0 Å². The van der Waals surface area contributed by atoms with Crippen molar-refractivity contribution < 1.29 is 21.2 Å². The van der Waals surface area contributed by atoms with Crippen molar-refractivity contribution >= 4 is 25.7 Å². The highest BCUT2D eigenvalue weighted by atomic mass is 32.2. The average molecular weight is 478 g/mol. The first-order valence-corrected chi connectivity index (χ1v) is 12.7. The smallest absolute Gasteiger partial charge is 0.241 e. The Labute approximate surface area is 185 Å². The highest BCUT2D eigenvalue weighted by Gasteiger charge is 2.23. The lowest BCUT2D eigenvalue weighted by atomic mass is 10.1. The molecule has 168 valence electrons. The number of halogens is 1. The summed E-state index contributed by atoms with van der Waals surface area (Å²) in [6.07, 6.45) is 1.44. The maximum atomic E-state index is 13.2. The van der Waals surface area contributed by atoms with Gasteiger partial charge in [0.15, 0.2) is 9.84 Å². The number of anilines is 1. The lowest BCUT2D eigenvalue weighted by molar-refractivity contribution is 0.571. The van der Waals surface area contributed by atoms with Gasteiger partial charge in [0.2, 0.25) is 10.0 Å². The Morgan fingerprint density at radius 1 is 1.09 bits per heavy atom. The molecule has 0 unspecified atom stereocenters. The van der Waals surface area contributed by atoms with Gasteiger partial charge in [0, 0.05) is 12.8 Å². The molecule has 0 atom stereocenters. The van der Waals surface area contributed by atoms with Crippen LogP contribution >= 0.6 is 0 Å². The zero-order valence-corrected chi connectivity index (χ0v) is 18.6. The van der Waals surface area contributed by atoms with Crippen molar-refractivity contribution in [3.05, 3.63) is 65.6 Å². The van der Waals surface area contributed by atoms with Gasteiger partial charge in [-0.15, -0.1) is 0 Å². The van der Waals surface area contributed by atoms with E-state index in [1.807, 2.05) is 6.07 Å². The third-order valence-electron chi connectivity index (χ3n) is 4.60. The Bertz CT molecular complexity index is 1390. The first kappa shape index (κ1) is 23.4. The van der Waals surface area contributed by atoms with Gasteiger partial charge >= 0.3 is 0 Å². The third kappa shape index (κ3) is 4.96. The van der Waals surface area contributed by atoms with Crippen molar-refractivity contribution in [1.29, 1.82) is 5.26 Å². The third-order valence-corrected chi connectivity index (χ3v) is 7.40.